The van der Waals surface area contributed by atoms with Crippen LogP contribution >= 0.6 is 15.9 Å². The number of benzene rings is 1. The van der Waals surface area contributed by atoms with E-state index in [9.17, 15) is 9.59 Å². The number of rotatable bonds is 5. The third-order valence-corrected chi connectivity index (χ3v) is 3.31. The van der Waals surface area contributed by atoms with Crippen LogP contribution in [0.3, 0.4) is 0 Å². The van der Waals surface area contributed by atoms with Crippen molar-refractivity contribution >= 4 is 34.0 Å². The molecular weight excluding hydrogens is 348 g/mol. The summed E-state index contributed by atoms with van der Waals surface area (Å²) in [7, 11) is 0. The molecule has 0 aliphatic carbocycles. The highest BCUT2D eigenvalue weighted by Gasteiger charge is 2.10. The van der Waals surface area contributed by atoms with Crippen LogP contribution in [0.25, 0.3) is 0 Å². The number of hydrogen-bond acceptors (Lipinski definition) is 4. The van der Waals surface area contributed by atoms with E-state index in [1.165, 1.54) is 6.21 Å². The topological polar surface area (TPSA) is 83.5 Å². The molecule has 112 valence electrons. The molecule has 2 aromatic rings. The third kappa shape index (κ3) is 4.78. The Kier molecular flexibility index (Phi) is 5.79. The lowest BCUT2D eigenvalue weighted by Gasteiger charge is -2.05. The van der Waals surface area contributed by atoms with Crippen LogP contribution in [0, 0.1) is 0 Å². The molecule has 1 aromatic carbocycles. The van der Waals surface area contributed by atoms with Gasteiger partial charge in [0.05, 0.1) is 18.3 Å². The lowest BCUT2D eigenvalue weighted by molar-refractivity contribution is -0.120. The van der Waals surface area contributed by atoms with E-state index in [0.29, 0.717) is 10.0 Å². The maximum atomic E-state index is 11.9. The molecule has 2 rings (SSSR count). The molecule has 0 atom stereocenters. The number of aromatic nitrogens is 1. The van der Waals surface area contributed by atoms with Gasteiger partial charge in [-0.05, 0) is 34.1 Å². The second kappa shape index (κ2) is 8.04. The summed E-state index contributed by atoms with van der Waals surface area (Å²) in [5.74, 6) is -0.751. The number of nitrogens with one attached hydrogen (secondary N) is 2. The minimum absolute atomic E-state index is 0.162. The molecule has 0 bridgehead atoms. The zero-order valence-corrected chi connectivity index (χ0v) is 13.1. The molecule has 0 radical (unpaired) electrons. The molecular formula is C15H13BrN4O2. The van der Waals surface area contributed by atoms with Gasteiger partial charge in [0.1, 0.15) is 0 Å². The SMILES string of the molecule is O=C(CNC(=O)c1ccccc1Br)NN=Cc1cccnc1. The summed E-state index contributed by atoms with van der Waals surface area (Å²) in [5, 5.41) is 6.31. The molecule has 0 spiro atoms. The van der Waals surface area contributed by atoms with Gasteiger partial charge in [-0.25, -0.2) is 5.43 Å². The molecule has 0 saturated heterocycles. The average Bonchev–Trinajstić information content (AvgIpc) is 2.54. The normalized spacial score (nSPS) is 10.4. The molecule has 0 saturated carbocycles. The van der Waals surface area contributed by atoms with E-state index < -0.39 is 5.91 Å². The Hall–Kier alpha value is -2.54. The summed E-state index contributed by atoms with van der Waals surface area (Å²) in [6.45, 7) is -0.162. The van der Waals surface area contributed by atoms with Crippen LogP contribution in [-0.4, -0.2) is 29.6 Å². The monoisotopic (exact) mass is 360 g/mol. The van der Waals surface area contributed by atoms with E-state index in [2.05, 4.69) is 36.8 Å². The predicted octanol–water partition coefficient (Wildman–Crippen LogP) is 1.72. The fourth-order valence-corrected chi connectivity index (χ4v) is 2.04. The van der Waals surface area contributed by atoms with Crippen LogP contribution in [0.5, 0.6) is 0 Å². The molecule has 0 aliphatic rings. The highest BCUT2D eigenvalue weighted by molar-refractivity contribution is 9.10. The lowest BCUT2D eigenvalue weighted by atomic mass is 10.2. The van der Waals surface area contributed by atoms with E-state index in [1.807, 2.05) is 0 Å². The first-order valence-corrected chi connectivity index (χ1v) is 7.21. The number of hydrazone groups is 1. The standard InChI is InChI=1S/C15H13BrN4O2/c16-13-6-2-1-5-12(13)15(22)18-10-14(21)20-19-9-11-4-3-7-17-8-11/h1-9H,10H2,(H,18,22)(H,20,21). The number of nitrogens with zero attached hydrogens (tertiary/aromatic N) is 2. The van der Waals surface area contributed by atoms with Gasteiger partial charge in [-0.2, -0.15) is 5.10 Å². The summed E-state index contributed by atoms with van der Waals surface area (Å²) >= 11 is 3.28. The molecule has 1 heterocycles. The van der Waals surface area contributed by atoms with Gasteiger partial charge in [0.2, 0.25) is 0 Å². The Morgan fingerprint density at radius 3 is 2.77 bits per heavy atom. The fourth-order valence-electron chi connectivity index (χ4n) is 1.57. The molecule has 0 aliphatic heterocycles. The zero-order chi connectivity index (χ0) is 15.8. The number of amides is 2. The van der Waals surface area contributed by atoms with Crippen LogP contribution < -0.4 is 10.7 Å². The molecule has 7 heteroatoms. The number of halogens is 1. The first-order valence-electron chi connectivity index (χ1n) is 6.41. The lowest BCUT2D eigenvalue weighted by Crippen LogP contribution is -2.35. The first kappa shape index (κ1) is 15.8. The van der Waals surface area contributed by atoms with Crippen molar-refractivity contribution in [1.29, 1.82) is 0 Å². The molecule has 6 nitrogen and oxygen atoms in total. The molecule has 1 aromatic heterocycles. The number of carbonyl (C=O) groups excluding carboxylic acids is 2. The van der Waals surface area contributed by atoms with E-state index in [4.69, 9.17) is 0 Å². The van der Waals surface area contributed by atoms with Gasteiger partial charge in [-0.3, -0.25) is 14.6 Å². The molecule has 2 amide bonds. The second-order valence-corrected chi connectivity index (χ2v) is 5.10. The van der Waals surface area contributed by atoms with E-state index in [0.717, 1.165) is 5.56 Å². The maximum Gasteiger partial charge on any atom is 0.259 e. The molecule has 0 fully saturated rings. The number of hydrogen-bond donors (Lipinski definition) is 2. The van der Waals surface area contributed by atoms with Crippen LogP contribution in [-0.2, 0) is 4.79 Å². The maximum absolute atomic E-state index is 11.9. The van der Waals surface area contributed by atoms with Crippen molar-refractivity contribution in [3.8, 4) is 0 Å². The summed E-state index contributed by atoms with van der Waals surface area (Å²) < 4.78 is 0.669. The highest BCUT2D eigenvalue weighted by Crippen LogP contribution is 2.15. The Morgan fingerprint density at radius 2 is 2.05 bits per heavy atom. The van der Waals surface area contributed by atoms with Crippen LogP contribution in [0.1, 0.15) is 15.9 Å². The van der Waals surface area contributed by atoms with E-state index in [-0.39, 0.29) is 12.5 Å². The second-order valence-electron chi connectivity index (χ2n) is 4.24. The summed E-state index contributed by atoms with van der Waals surface area (Å²) in [6.07, 6.45) is 4.73. The predicted molar refractivity (Wildman–Crippen MR) is 86.4 cm³/mol. The Morgan fingerprint density at radius 1 is 1.23 bits per heavy atom. The minimum Gasteiger partial charge on any atom is -0.343 e. The number of carbonyl (C=O) groups is 2. The Balaban J connectivity index is 1.80. The highest BCUT2D eigenvalue weighted by atomic mass is 79.9. The van der Waals surface area contributed by atoms with Crippen molar-refractivity contribution in [3.05, 3.63) is 64.4 Å². The third-order valence-electron chi connectivity index (χ3n) is 2.62. The van der Waals surface area contributed by atoms with Gasteiger partial charge in [0.15, 0.2) is 0 Å². The van der Waals surface area contributed by atoms with Gasteiger partial charge in [-0.15, -0.1) is 0 Å². The van der Waals surface area contributed by atoms with Crippen molar-refractivity contribution in [3.63, 3.8) is 0 Å². The summed E-state index contributed by atoms with van der Waals surface area (Å²) in [6, 6.07) is 10.5. The van der Waals surface area contributed by atoms with Crippen molar-refractivity contribution in [2.24, 2.45) is 5.10 Å². The summed E-state index contributed by atoms with van der Waals surface area (Å²) in [5.41, 5.74) is 3.56. The van der Waals surface area contributed by atoms with Gasteiger partial charge >= 0.3 is 0 Å². The smallest absolute Gasteiger partial charge is 0.259 e. The fraction of sp³-hybridized carbons (Fsp3) is 0.0667. The van der Waals surface area contributed by atoms with Gasteiger partial charge in [-0.1, -0.05) is 18.2 Å². The molecule has 2 N–H and O–H groups in total. The van der Waals surface area contributed by atoms with Gasteiger partial charge < -0.3 is 5.32 Å². The van der Waals surface area contributed by atoms with Crippen molar-refractivity contribution in [1.82, 2.24) is 15.7 Å². The molecule has 0 unspecified atom stereocenters. The Labute approximate surface area is 135 Å². The van der Waals surface area contributed by atoms with Crippen molar-refractivity contribution < 1.29 is 9.59 Å². The first-order chi connectivity index (χ1) is 10.7. The average molecular weight is 361 g/mol. The van der Waals surface area contributed by atoms with Crippen LogP contribution in [0.2, 0.25) is 0 Å². The van der Waals surface area contributed by atoms with Gasteiger partial charge in [0.25, 0.3) is 11.8 Å². The van der Waals surface area contributed by atoms with Crippen molar-refractivity contribution in [2.45, 2.75) is 0 Å². The van der Waals surface area contributed by atoms with E-state index in [1.54, 1.807) is 48.8 Å². The number of pyridine rings is 1. The van der Waals surface area contributed by atoms with Crippen LogP contribution in [0.15, 0.2) is 58.4 Å². The van der Waals surface area contributed by atoms with Crippen LogP contribution in [0.4, 0.5) is 0 Å². The molecule has 22 heavy (non-hydrogen) atoms. The quantitative estimate of drug-likeness (QED) is 0.628. The Bertz CT molecular complexity index is 689. The van der Waals surface area contributed by atoms with E-state index >= 15 is 0 Å². The van der Waals surface area contributed by atoms with Gasteiger partial charge in [0, 0.05) is 22.4 Å². The summed E-state index contributed by atoms with van der Waals surface area (Å²) in [4.78, 5) is 27.4. The largest absolute Gasteiger partial charge is 0.343 e. The zero-order valence-electron chi connectivity index (χ0n) is 11.5. The van der Waals surface area contributed by atoms with Crippen molar-refractivity contribution in [2.75, 3.05) is 6.54 Å². The minimum atomic E-state index is -0.416.